The van der Waals surface area contributed by atoms with Crippen LogP contribution in [0.2, 0.25) is 0 Å². The van der Waals surface area contributed by atoms with E-state index in [0.717, 1.165) is 56.8 Å². The number of nitro benzene ring substituents is 1. The summed E-state index contributed by atoms with van der Waals surface area (Å²) < 4.78 is 35.7. The number of nitrogens with zero attached hydrogens (tertiary/aromatic N) is 5. The Morgan fingerprint density at radius 2 is 1.75 bits per heavy atom. The van der Waals surface area contributed by atoms with Crippen molar-refractivity contribution < 1.29 is 28.0 Å². The fourth-order valence-electron chi connectivity index (χ4n) is 9.98. The minimum Gasteiger partial charge on any atom is -0.455 e. The Balaban J connectivity index is 0.899. The second kappa shape index (κ2) is 16.4. The minimum atomic E-state index is -4.58. The number of piperidine rings is 1. The molecule has 2 saturated carbocycles. The molecule has 1 unspecified atom stereocenters. The van der Waals surface area contributed by atoms with Crippen molar-refractivity contribution in [3.8, 4) is 11.5 Å². The highest BCUT2D eigenvalue weighted by Gasteiger charge is 2.50. The monoisotopic (exact) mass is 848 g/mol. The molecular weight excluding hydrogens is 797 g/mol. The van der Waals surface area contributed by atoms with Crippen molar-refractivity contribution in [2.45, 2.75) is 93.7 Å². The van der Waals surface area contributed by atoms with Crippen LogP contribution in [-0.2, 0) is 10.0 Å². The van der Waals surface area contributed by atoms with Gasteiger partial charge >= 0.3 is 0 Å². The number of aliphatic hydroxyl groups is 1. The van der Waals surface area contributed by atoms with Gasteiger partial charge in [-0.05, 0) is 119 Å². The molecule has 1 atom stereocenters. The first-order valence-electron chi connectivity index (χ1n) is 21.3. The van der Waals surface area contributed by atoms with Gasteiger partial charge < -0.3 is 25.0 Å². The van der Waals surface area contributed by atoms with Gasteiger partial charge in [-0.25, -0.2) is 23.1 Å². The van der Waals surface area contributed by atoms with Gasteiger partial charge in [0.15, 0.2) is 0 Å². The number of aromatic amines is 1. The molecule has 4 fully saturated rings. The average molecular weight is 849 g/mol. The van der Waals surface area contributed by atoms with Crippen LogP contribution in [0.4, 0.5) is 17.2 Å². The van der Waals surface area contributed by atoms with Gasteiger partial charge in [-0.15, -0.1) is 0 Å². The number of ether oxygens (including phenoxy) is 1. The maximum atomic E-state index is 13.9. The van der Waals surface area contributed by atoms with Crippen molar-refractivity contribution in [2.24, 2.45) is 11.3 Å². The number of amides is 1. The number of nitrogens with one attached hydrogen (secondary N) is 3. The van der Waals surface area contributed by atoms with Gasteiger partial charge in [-0.1, -0.05) is 30.3 Å². The molecular formula is C45H52N8O7S. The molecule has 2 aliphatic heterocycles. The van der Waals surface area contributed by atoms with Crippen LogP contribution < -0.4 is 19.7 Å². The molecule has 320 valence electrons. The number of pyridine rings is 2. The topological polar surface area (TPSA) is 196 Å². The van der Waals surface area contributed by atoms with Crippen LogP contribution in [0.25, 0.3) is 11.0 Å². The lowest BCUT2D eigenvalue weighted by atomic mass is 9.60. The number of likely N-dealkylation sites (tertiary alicyclic amines) is 1. The van der Waals surface area contributed by atoms with Crippen molar-refractivity contribution in [3.63, 3.8) is 0 Å². The number of hydrogen-bond acceptors (Lipinski definition) is 12. The molecule has 9 rings (SSSR count). The zero-order chi connectivity index (χ0) is 42.4. The number of aromatic nitrogens is 3. The van der Waals surface area contributed by atoms with E-state index in [1.165, 1.54) is 55.8 Å². The van der Waals surface area contributed by atoms with E-state index in [2.05, 4.69) is 65.1 Å². The van der Waals surface area contributed by atoms with Gasteiger partial charge in [0, 0.05) is 61.6 Å². The number of fused-ring (bicyclic) bond motifs is 1. The zero-order valence-electron chi connectivity index (χ0n) is 34.3. The van der Waals surface area contributed by atoms with Crippen molar-refractivity contribution in [2.75, 3.05) is 36.4 Å². The molecule has 4 N–H and O–H groups in total. The molecule has 16 heteroatoms. The van der Waals surface area contributed by atoms with E-state index >= 15 is 0 Å². The number of benzene rings is 2. The lowest BCUT2D eigenvalue weighted by Gasteiger charge is -2.55. The molecule has 1 spiro atoms. The third-order valence-electron chi connectivity index (χ3n) is 13.6. The van der Waals surface area contributed by atoms with Crippen LogP contribution in [0.5, 0.6) is 11.5 Å². The molecule has 1 amide bonds. The maximum absolute atomic E-state index is 13.9. The maximum Gasteiger partial charge on any atom is 0.293 e. The molecule has 5 aromatic rings. The van der Waals surface area contributed by atoms with Crippen LogP contribution in [-0.4, -0.2) is 82.0 Å². The summed E-state index contributed by atoms with van der Waals surface area (Å²) in [6, 6.07) is 20.7. The highest BCUT2D eigenvalue weighted by molar-refractivity contribution is 7.90. The molecule has 5 heterocycles. The highest BCUT2D eigenvalue weighted by Crippen LogP contribution is 2.54. The summed E-state index contributed by atoms with van der Waals surface area (Å²) in [6.45, 7) is 4.95. The first-order valence-corrected chi connectivity index (χ1v) is 22.8. The van der Waals surface area contributed by atoms with E-state index in [-0.39, 0.29) is 28.3 Å². The molecule has 4 aliphatic rings. The molecule has 2 aromatic carbocycles. The Labute approximate surface area is 355 Å². The van der Waals surface area contributed by atoms with E-state index in [9.17, 15) is 28.4 Å². The summed E-state index contributed by atoms with van der Waals surface area (Å²) in [5.74, 6) is 0.241. The predicted molar refractivity (Wildman–Crippen MR) is 231 cm³/mol. The van der Waals surface area contributed by atoms with Gasteiger partial charge in [0.25, 0.3) is 21.6 Å². The van der Waals surface area contributed by atoms with Crippen molar-refractivity contribution in [3.05, 3.63) is 107 Å². The Hall–Kier alpha value is -5.58. The summed E-state index contributed by atoms with van der Waals surface area (Å²) in [4.78, 5) is 41.9. The standard InChI is InChI=1S/C45H52N8O7S/c1-44(55)14-11-30(12-15-44)27-47-37-10-9-35(23-39(37)53(56)57)61(58,59)50-43(54)36-29-48-41(24-40(36)60-34-22-32-13-18-46-42(32)49-28-34)51-20-16-45(17-21-51)25-33(26-45)52-19-5-8-38(52)31-6-3-2-4-7-31/h2-4,6-7,9-10,13,18,22-24,28-30,33,38,47,55H,5,8,11-12,14-17,19-21,25-27H2,1H3,(H,46,49)(H,50,54). The van der Waals surface area contributed by atoms with Crippen molar-refractivity contribution >= 4 is 44.2 Å². The number of hydrogen-bond donors (Lipinski definition) is 4. The molecule has 15 nitrogen and oxygen atoms in total. The van der Waals surface area contributed by atoms with Crippen LogP contribution in [0.15, 0.2) is 90.2 Å². The van der Waals surface area contributed by atoms with E-state index in [1.54, 1.807) is 18.3 Å². The number of H-pyrrole nitrogens is 1. The van der Waals surface area contributed by atoms with Gasteiger partial charge in [-0.2, -0.15) is 0 Å². The molecule has 2 saturated heterocycles. The number of carbonyl (C=O) groups is 1. The first kappa shape index (κ1) is 40.8. The largest absolute Gasteiger partial charge is 0.455 e. The Morgan fingerprint density at radius 1 is 0.984 bits per heavy atom. The Kier molecular flexibility index (Phi) is 10.9. The van der Waals surface area contributed by atoms with Crippen LogP contribution in [0, 0.1) is 21.4 Å². The predicted octanol–water partition coefficient (Wildman–Crippen LogP) is 7.72. The molecule has 0 bridgehead atoms. The summed E-state index contributed by atoms with van der Waals surface area (Å²) in [5, 5.41) is 26.3. The first-order chi connectivity index (χ1) is 29.3. The number of nitro groups is 1. The lowest BCUT2D eigenvalue weighted by Crippen LogP contribution is -2.55. The van der Waals surface area contributed by atoms with Crippen LogP contribution >= 0.6 is 0 Å². The van der Waals surface area contributed by atoms with Crippen molar-refractivity contribution in [1.82, 2.24) is 24.6 Å². The van der Waals surface area contributed by atoms with E-state index < -0.39 is 37.0 Å². The molecule has 0 radical (unpaired) electrons. The number of anilines is 2. The van der Waals surface area contributed by atoms with Crippen LogP contribution in [0.1, 0.15) is 93.1 Å². The summed E-state index contributed by atoms with van der Waals surface area (Å²) in [5.41, 5.74) is 1.25. The fourth-order valence-corrected chi connectivity index (χ4v) is 11.0. The van der Waals surface area contributed by atoms with Crippen LogP contribution in [0.3, 0.4) is 0 Å². The van der Waals surface area contributed by atoms with Gasteiger partial charge in [0.2, 0.25) is 0 Å². The molecule has 3 aromatic heterocycles. The minimum absolute atomic E-state index is 0.0918. The summed E-state index contributed by atoms with van der Waals surface area (Å²) in [7, 11) is -4.58. The third-order valence-corrected chi connectivity index (χ3v) is 14.9. The zero-order valence-corrected chi connectivity index (χ0v) is 35.1. The molecule has 2 aliphatic carbocycles. The highest BCUT2D eigenvalue weighted by atomic mass is 32.2. The third kappa shape index (κ3) is 8.66. The summed E-state index contributed by atoms with van der Waals surface area (Å²) in [6.07, 6.45) is 14.2. The second-order valence-electron chi connectivity index (χ2n) is 17.8. The number of carbonyl (C=O) groups excluding carboxylic acids is 1. The van der Waals surface area contributed by atoms with E-state index in [1.807, 2.05) is 13.0 Å². The van der Waals surface area contributed by atoms with Gasteiger partial charge in [0.1, 0.15) is 34.2 Å². The molecule has 61 heavy (non-hydrogen) atoms. The average Bonchev–Trinajstić information content (AvgIpc) is 3.93. The quantitative estimate of drug-likeness (QED) is 0.0706. The lowest BCUT2D eigenvalue weighted by molar-refractivity contribution is -0.384. The SMILES string of the molecule is CC1(O)CCC(CNc2ccc(S(=O)(=O)NC(=O)c3cnc(N4CCC5(CC4)CC(N4CCCC4c4ccccc4)C5)cc3Oc3cnc4[nH]ccc4c3)cc2[N+](=O)[O-])CC1. The van der Waals surface area contributed by atoms with Crippen molar-refractivity contribution in [1.29, 1.82) is 0 Å². The fraction of sp³-hybridized carbons (Fsp3) is 0.444. The van der Waals surface area contributed by atoms with Gasteiger partial charge in [-0.3, -0.25) is 19.8 Å². The number of sulfonamides is 1. The smallest absolute Gasteiger partial charge is 0.293 e. The van der Waals surface area contributed by atoms with E-state index in [4.69, 9.17) is 4.74 Å². The second-order valence-corrected chi connectivity index (χ2v) is 19.5. The Morgan fingerprint density at radius 3 is 2.51 bits per heavy atom. The van der Waals surface area contributed by atoms with E-state index in [0.29, 0.717) is 48.7 Å². The summed E-state index contributed by atoms with van der Waals surface area (Å²) >= 11 is 0. The Bertz CT molecular complexity index is 2520. The number of rotatable bonds is 12. The van der Waals surface area contributed by atoms with Gasteiger partial charge in [0.05, 0.1) is 21.6 Å². The normalized spacial score (nSPS) is 23.1.